The predicted octanol–water partition coefficient (Wildman–Crippen LogP) is 5.48. The Kier molecular flexibility index (Phi) is 7.37. The molecule has 1 aliphatic heterocycles. The van der Waals surface area contributed by atoms with Crippen molar-refractivity contribution in [3.8, 4) is 5.75 Å². The molecule has 2 amide bonds. The molecule has 0 bridgehead atoms. The number of thiazole rings is 1. The smallest absolute Gasteiger partial charge is 0.273 e. The highest BCUT2D eigenvalue weighted by Gasteiger charge is 2.36. The highest BCUT2D eigenvalue weighted by molar-refractivity contribution is 7.09. The van der Waals surface area contributed by atoms with Gasteiger partial charge in [-0.2, -0.15) is 0 Å². The number of hydrogen-bond acceptors (Lipinski definition) is 5. The minimum Gasteiger partial charge on any atom is -0.486 e. The molecule has 1 aromatic heterocycles. The summed E-state index contributed by atoms with van der Waals surface area (Å²) < 4.78 is 6.14. The number of fused-ring (bicyclic) bond motifs is 1. The van der Waals surface area contributed by atoms with Crippen LogP contribution in [0.15, 0.2) is 53.9 Å². The van der Waals surface area contributed by atoms with E-state index >= 15 is 0 Å². The van der Waals surface area contributed by atoms with Crippen LogP contribution in [0.3, 0.4) is 0 Å². The van der Waals surface area contributed by atoms with Gasteiger partial charge in [-0.25, -0.2) is 4.98 Å². The molecule has 1 aliphatic carbocycles. The van der Waals surface area contributed by atoms with Gasteiger partial charge in [0.1, 0.15) is 23.1 Å². The summed E-state index contributed by atoms with van der Waals surface area (Å²) in [7, 11) is 1.77. The Bertz CT molecular complexity index is 1220. The summed E-state index contributed by atoms with van der Waals surface area (Å²) in [6.07, 6.45) is 5.14. The van der Waals surface area contributed by atoms with Crippen LogP contribution in [-0.2, 0) is 17.8 Å². The quantitative estimate of drug-likeness (QED) is 0.428. The van der Waals surface area contributed by atoms with Crippen molar-refractivity contribution in [1.29, 1.82) is 0 Å². The van der Waals surface area contributed by atoms with Crippen molar-refractivity contribution in [3.05, 3.63) is 81.3 Å². The first-order chi connectivity index (χ1) is 17.5. The molecule has 0 saturated heterocycles. The van der Waals surface area contributed by atoms with Crippen LogP contribution < -0.4 is 4.74 Å². The molecule has 1 saturated carbocycles. The zero-order valence-corrected chi connectivity index (χ0v) is 21.8. The van der Waals surface area contributed by atoms with Crippen molar-refractivity contribution in [1.82, 2.24) is 14.8 Å². The second kappa shape index (κ2) is 10.8. The van der Waals surface area contributed by atoms with Gasteiger partial charge in [0.2, 0.25) is 5.91 Å². The molecule has 2 heterocycles. The Morgan fingerprint density at radius 2 is 1.92 bits per heavy atom. The second-order valence-electron chi connectivity index (χ2n) is 9.67. The number of ether oxygens (including phenoxy) is 1. The fourth-order valence-electron chi connectivity index (χ4n) is 5.28. The number of amides is 2. The van der Waals surface area contributed by atoms with E-state index in [1.54, 1.807) is 17.3 Å². The summed E-state index contributed by atoms with van der Waals surface area (Å²) in [6.45, 7) is 3.62. The molecule has 188 valence electrons. The summed E-state index contributed by atoms with van der Waals surface area (Å²) in [5.74, 6) is 1.10. The highest BCUT2D eigenvalue weighted by atomic mass is 32.1. The Labute approximate surface area is 216 Å². The van der Waals surface area contributed by atoms with E-state index in [2.05, 4.69) is 34.1 Å². The third-order valence-electron chi connectivity index (χ3n) is 7.40. The van der Waals surface area contributed by atoms with E-state index in [0.29, 0.717) is 18.8 Å². The fourth-order valence-corrected chi connectivity index (χ4v) is 5.96. The number of benzene rings is 2. The molecule has 2 aromatic carbocycles. The molecule has 3 aromatic rings. The van der Waals surface area contributed by atoms with E-state index in [9.17, 15) is 9.59 Å². The minimum absolute atomic E-state index is 0.0773. The third-order valence-corrected chi connectivity index (χ3v) is 8.22. The normalized spacial score (nSPS) is 17.6. The van der Waals surface area contributed by atoms with E-state index in [4.69, 9.17) is 4.74 Å². The molecule has 5 rings (SSSR count). The maximum Gasteiger partial charge on any atom is 0.273 e. The van der Waals surface area contributed by atoms with Gasteiger partial charge >= 0.3 is 0 Å². The molecule has 0 radical (unpaired) electrons. The average molecular weight is 504 g/mol. The summed E-state index contributed by atoms with van der Waals surface area (Å²) in [5.41, 5.74) is 3.98. The Morgan fingerprint density at radius 1 is 1.14 bits per heavy atom. The topological polar surface area (TPSA) is 62.7 Å². The van der Waals surface area contributed by atoms with Crippen LogP contribution in [0.2, 0.25) is 0 Å². The van der Waals surface area contributed by atoms with Crippen LogP contribution in [0.4, 0.5) is 0 Å². The maximum atomic E-state index is 13.6. The second-order valence-corrected chi connectivity index (χ2v) is 10.6. The fraction of sp³-hybridized carbons (Fsp3) is 0.414. The number of carbonyl (C=O) groups excluding carboxylic acids is 2. The molecular formula is C29H33N3O3S. The van der Waals surface area contributed by atoms with Gasteiger partial charge in [-0.1, -0.05) is 49.2 Å². The van der Waals surface area contributed by atoms with E-state index in [1.807, 2.05) is 31.2 Å². The molecule has 0 N–H and O–H groups in total. The SMILES string of the molecule is CCN(C)C(=O)c1csc(COc2ccc3c(c2)C(c2ccccc2)N(C(=O)C2CCCC2)CC3)n1. The number of hydrogen-bond donors (Lipinski definition) is 0. The highest BCUT2D eigenvalue weighted by Crippen LogP contribution is 2.39. The number of nitrogens with zero attached hydrogens (tertiary/aromatic N) is 3. The maximum absolute atomic E-state index is 13.6. The van der Waals surface area contributed by atoms with Crippen LogP contribution in [0, 0.1) is 5.92 Å². The predicted molar refractivity (Wildman–Crippen MR) is 141 cm³/mol. The van der Waals surface area contributed by atoms with E-state index in [-0.39, 0.29) is 23.8 Å². The zero-order chi connectivity index (χ0) is 25.1. The summed E-state index contributed by atoms with van der Waals surface area (Å²) >= 11 is 1.43. The van der Waals surface area contributed by atoms with E-state index in [1.165, 1.54) is 16.9 Å². The van der Waals surface area contributed by atoms with Gasteiger partial charge in [0.25, 0.3) is 5.91 Å². The van der Waals surface area contributed by atoms with Gasteiger partial charge in [-0.3, -0.25) is 9.59 Å². The summed E-state index contributed by atoms with van der Waals surface area (Å²) in [4.78, 5) is 34.2. The van der Waals surface area contributed by atoms with E-state index < -0.39 is 0 Å². The lowest BCUT2D eigenvalue weighted by Crippen LogP contribution is -2.43. The Morgan fingerprint density at radius 3 is 2.67 bits per heavy atom. The van der Waals surface area contributed by atoms with Crippen molar-refractivity contribution in [2.24, 2.45) is 5.92 Å². The van der Waals surface area contributed by atoms with Gasteiger partial charge in [0, 0.05) is 31.4 Å². The van der Waals surface area contributed by atoms with Crippen molar-refractivity contribution in [2.75, 3.05) is 20.1 Å². The molecule has 1 unspecified atom stereocenters. The number of rotatable bonds is 7. The number of aromatic nitrogens is 1. The lowest BCUT2D eigenvalue weighted by molar-refractivity contribution is -0.137. The van der Waals surface area contributed by atoms with Gasteiger partial charge in [0.15, 0.2) is 0 Å². The molecule has 1 fully saturated rings. The van der Waals surface area contributed by atoms with Crippen LogP contribution >= 0.6 is 11.3 Å². The average Bonchev–Trinajstić information content (AvgIpc) is 3.63. The van der Waals surface area contributed by atoms with Crippen LogP contribution in [0.5, 0.6) is 5.75 Å². The molecule has 36 heavy (non-hydrogen) atoms. The molecule has 6 nitrogen and oxygen atoms in total. The molecular weight excluding hydrogens is 470 g/mol. The lowest BCUT2D eigenvalue weighted by atomic mass is 9.87. The Balaban J connectivity index is 1.38. The van der Waals surface area contributed by atoms with Gasteiger partial charge in [-0.05, 0) is 55.0 Å². The minimum atomic E-state index is -0.111. The standard InChI is InChI=1S/C29H33N3O3S/c1-3-31(2)29(34)25-19-36-26(30-25)18-35-23-14-13-20-15-16-32(28(33)22-11-7-8-12-22)27(24(20)17-23)21-9-5-4-6-10-21/h4-6,9-10,13-14,17,19,22,27H,3,7-8,11-12,15-16,18H2,1-2H3. The first-order valence-corrected chi connectivity index (χ1v) is 13.7. The monoisotopic (exact) mass is 503 g/mol. The molecule has 1 atom stereocenters. The largest absolute Gasteiger partial charge is 0.486 e. The van der Waals surface area contributed by atoms with Crippen molar-refractivity contribution in [2.45, 2.75) is 51.7 Å². The van der Waals surface area contributed by atoms with Crippen LogP contribution in [-0.4, -0.2) is 46.7 Å². The first-order valence-electron chi connectivity index (χ1n) is 12.9. The first kappa shape index (κ1) is 24.5. The van der Waals surface area contributed by atoms with Crippen LogP contribution in [0.25, 0.3) is 0 Å². The Hall–Kier alpha value is -3.19. The van der Waals surface area contributed by atoms with Crippen molar-refractivity contribution >= 4 is 23.2 Å². The zero-order valence-electron chi connectivity index (χ0n) is 21.0. The van der Waals surface area contributed by atoms with Gasteiger partial charge in [0.05, 0.1) is 6.04 Å². The van der Waals surface area contributed by atoms with E-state index in [0.717, 1.165) is 60.5 Å². The lowest BCUT2D eigenvalue weighted by Gasteiger charge is -2.39. The van der Waals surface area contributed by atoms with Gasteiger partial charge in [-0.15, -0.1) is 11.3 Å². The molecule has 0 spiro atoms. The summed E-state index contributed by atoms with van der Waals surface area (Å²) in [5, 5.41) is 2.55. The summed E-state index contributed by atoms with van der Waals surface area (Å²) in [6, 6.07) is 16.4. The van der Waals surface area contributed by atoms with Gasteiger partial charge < -0.3 is 14.5 Å². The van der Waals surface area contributed by atoms with Crippen LogP contribution in [0.1, 0.15) is 70.8 Å². The van der Waals surface area contributed by atoms with Crippen molar-refractivity contribution < 1.29 is 14.3 Å². The third kappa shape index (κ3) is 5.03. The molecule has 2 aliphatic rings. The molecule has 7 heteroatoms. The van der Waals surface area contributed by atoms with Crippen molar-refractivity contribution in [3.63, 3.8) is 0 Å². The number of carbonyl (C=O) groups is 2.